The third kappa shape index (κ3) is 13.1. The zero-order valence-corrected chi connectivity index (χ0v) is 52.6. The summed E-state index contributed by atoms with van der Waals surface area (Å²) in [5.41, 5.74) is 13.4. The first-order valence-corrected chi connectivity index (χ1v) is 31.0. The molecule has 458 valence electrons. The van der Waals surface area contributed by atoms with Crippen LogP contribution >= 0.6 is 23.2 Å². The Kier molecular flexibility index (Phi) is 16.2. The number of pyridine rings is 2. The summed E-state index contributed by atoms with van der Waals surface area (Å²) < 4.78 is 26.8. The van der Waals surface area contributed by atoms with Gasteiger partial charge in [0, 0.05) is 85.0 Å². The molecule has 0 spiro atoms. The second kappa shape index (κ2) is 23.7. The van der Waals surface area contributed by atoms with E-state index in [0.29, 0.717) is 61.9 Å². The van der Waals surface area contributed by atoms with Crippen molar-refractivity contribution in [2.75, 3.05) is 26.2 Å². The van der Waals surface area contributed by atoms with Crippen LogP contribution in [-0.4, -0.2) is 112 Å². The van der Waals surface area contributed by atoms with Crippen molar-refractivity contribution in [2.24, 2.45) is 14.1 Å². The van der Waals surface area contributed by atoms with E-state index in [2.05, 4.69) is 32.8 Å². The Balaban J connectivity index is 0.000000171. The summed E-state index contributed by atoms with van der Waals surface area (Å²) in [6.45, 7) is 13.7. The van der Waals surface area contributed by atoms with E-state index >= 15 is 0 Å². The molecule has 5 fully saturated rings. The molecule has 2 saturated heterocycles. The van der Waals surface area contributed by atoms with Gasteiger partial charge in [-0.15, -0.1) is 0 Å². The first-order chi connectivity index (χ1) is 42.0. The lowest BCUT2D eigenvalue weighted by Crippen LogP contribution is -2.40. The van der Waals surface area contributed by atoms with Crippen LogP contribution in [-0.2, 0) is 33.0 Å². The molecule has 2 N–H and O–H groups in total. The molecular weight excluding hydrogens is 1160 g/mol. The number of carbonyl (C=O) groups is 4. The van der Waals surface area contributed by atoms with Crippen molar-refractivity contribution in [3.05, 3.63) is 175 Å². The molecule has 6 heterocycles. The molecule has 5 aliphatic carbocycles. The SMILES string of the molecule is Cn1cncc1C(NC(=O)OC1(C)CC1)C1=Cc2cccnc2C(=C2CCN(C(=O)OC(C)(C)C)CC2)c2ccc(Cl)cc21.Cn1cncc1C(NC(=O)OC1(C)CC1)C1=Cc2cccnc2C(=C2CCN(C(=O)OC3(C)CC3)CC2)c2ccc(Cl)cc21. The first-order valence-electron chi connectivity index (χ1n) is 30.3. The summed E-state index contributed by atoms with van der Waals surface area (Å²) in [7, 11) is 3.81. The number of ether oxygens (including phenoxy) is 4. The van der Waals surface area contributed by atoms with Gasteiger partial charge in [0.1, 0.15) is 34.5 Å². The van der Waals surface area contributed by atoms with Gasteiger partial charge >= 0.3 is 24.4 Å². The molecule has 13 rings (SSSR count). The van der Waals surface area contributed by atoms with Crippen molar-refractivity contribution in [3.63, 3.8) is 0 Å². The average Bonchev–Trinajstić information content (AvgIpc) is 1.66. The molecule has 0 bridgehead atoms. The number of rotatable bonds is 9. The van der Waals surface area contributed by atoms with E-state index in [9.17, 15) is 19.2 Å². The topological polar surface area (TPSA) is 197 Å². The number of benzene rings is 2. The third-order valence-corrected chi connectivity index (χ3v) is 18.0. The molecule has 20 heteroatoms. The normalized spacial score (nSPS) is 19.0. The maximum atomic E-state index is 13.3. The predicted molar refractivity (Wildman–Crippen MR) is 338 cm³/mol. The predicted octanol–water partition coefficient (Wildman–Crippen LogP) is 14.1. The Hall–Kier alpha value is -8.22. The number of alkyl carbamates (subject to hydrolysis) is 2. The monoisotopic (exact) mass is 1230 g/mol. The van der Waals surface area contributed by atoms with Gasteiger partial charge in [0.2, 0.25) is 0 Å². The molecule has 2 aliphatic heterocycles. The van der Waals surface area contributed by atoms with Crippen LogP contribution in [0.2, 0.25) is 10.0 Å². The summed E-state index contributed by atoms with van der Waals surface area (Å²) >= 11 is 13.3. The van der Waals surface area contributed by atoms with Gasteiger partial charge in [-0.25, -0.2) is 29.1 Å². The number of aryl methyl sites for hydroxylation is 2. The number of nitrogens with one attached hydrogen (secondary N) is 2. The molecule has 4 amide bonds. The first kappa shape index (κ1) is 60.1. The summed E-state index contributed by atoms with van der Waals surface area (Å²) in [5.74, 6) is 0. The van der Waals surface area contributed by atoms with Gasteiger partial charge in [-0.1, -0.05) is 58.6 Å². The number of likely N-dealkylation sites (tertiary alicyclic amines) is 2. The Morgan fingerprint density at radius 1 is 0.557 bits per heavy atom. The number of fused-ring (bicyclic) bond motifs is 4. The number of piperidine rings is 2. The summed E-state index contributed by atoms with van der Waals surface area (Å²) in [4.78, 5) is 74.3. The number of hydrogen-bond acceptors (Lipinski definition) is 12. The van der Waals surface area contributed by atoms with Gasteiger partial charge in [0.25, 0.3) is 0 Å². The third-order valence-electron chi connectivity index (χ3n) is 17.6. The fourth-order valence-electron chi connectivity index (χ4n) is 11.9. The number of hydrogen-bond donors (Lipinski definition) is 2. The van der Waals surface area contributed by atoms with Crippen molar-refractivity contribution in [2.45, 2.75) is 140 Å². The number of amides is 4. The molecule has 88 heavy (non-hydrogen) atoms. The summed E-state index contributed by atoms with van der Waals surface area (Å²) in [6.07, 6.45) is 21.2. The molecule has 2 aromatic carbocycles. The Bertz CT molecular complexity index is 3640. The Labute approximate surface area is 523 Å². The van der Waals surface area contributed by atoms with Crippen molar-refractivity contribution in [1.82, 2.24) is 49.5 Å². The van der Waals surface area contributed by atoms with Crippen LogP contribution in [0, 0.1) is 0 Å². The maximum Gasteiger partial charge on any atom is 0.410 e. The van der Waals surface area contributed by atoms with Gasteiger partial charge in [-0.2, -0.15) is 0 Å². The van der Waals surface area contributed by atoms with E-state index in [4.69, 9.17) is 52.1 Å². The second-order valence-corrected chi connectivity index (χ2v) is 26.8. The quantitative estimate of drug-likeness (QED) is 0.130. The van der Waals surface area contributed by atoms with Crippen LogP contribution in [0.5, 0.6) is 0 Å². The van der Waals surface area contributed by atoms with Gasteiger partial charge in [0.05, 0.1) is 47.8 Å². The highest BCUT2D eigenvalue weighted by molar-refractivity contribution is 6.31. The van der Waals surface area contributed by atoms with E-state index in [0.717, 1.165) is 117 Å². The number of carbonyl (C=O) groups excluding carboxylic acids is 4. The summed E-state index contributed by atoms with van der Waals surface area (Å²) in [6, 6.07) is 18.5. The van der Waals surface area contributed by atoms with E-state index in [1.807, 2.05) is 130 Å². The lowest BCUT2D eigenvalue weighted by Gasteiger charge is -2.32. The van der Waals surface area contributed by atoms with Crippen LogP contribution in [0.3, 0.4) is 0 Å². The highest BCUT2D eigenvalue weighted by atomic mass is 35.5. The number of halogens is 2. The highest BCUT2D eigenvalue weighted by Crippen LogP contribution is 2.49. The standard InChI is InChI=1S/C34H36ClN5O4.C34H38ClN5O4/c1-33(10-11-33)43-31(41)38-30(27-19-36-20-39(27)3)26-17-22-5-4-14-37-29(22)28(24-7-6-23(35)18-25(24)26)21-8-15-40(16-9-21)32(42)44-34(2)12-13-34;1-33(2,3)44-32(42)40-15-10-21(11-16-40)28-24-9-8-23(35)18-25(24)26(17-22-7-6-14-37-29(22)28)30(27-19-36-20-39(27)5)38-31(41)43-34(4)12-13-34/h4-7,14,17-20,30H,8-13,15-16H2,1-3H3,(H,38,41);6-9,14,17-20,30H,10-13,15-16H2,1-5H3,(H,38,41). The van der Waals surface area contributed by atoms with Gasteiger partial charge in [-0.3, -0.25) is 9.97 Å². The fraction of sp³-hybridized carbons (Fsp3) is 0.412. The van der Waals surface area contributed by atoms with Crippen molar-refractivity contribution < 1.29 is 38.1 Å². The number of imidazole rings is 2. The zero-order valence-electron chi connectivity index (χ0n) is 51.0. The fourth-order valence-corrected chi connectivity index (χ4v) is 12.2. The molecule has 18 nitrogen and oxygen atoms in total. The van der Waals surface area contributed by atoms with Crippen molar-refractivity contribution >= 4 is 82.0 Å². The zero-order chi connectivity index (χ0) is 61.9. The van der Waals surface area contributed by atoms with Crippen molar-refractivity contribution in [3.8, 4) is 0 Å². The smallest absolute Gasteiger partial charge is 0.410 e. The van der Waals surface area contributed by atoms with Crippen LogP contribution in [0.15, 0.2) is 109 Å². The minimum Gasteiger partial charge on any atom is -0.444 e. The Morgan fingerprint density at radius 2 is 0.955 bits per heavy atom. The molecule has 4 aromatic heterocycles. The highest BCUT2D eigenvalue weighted by Gasteiger charge is 2.45. The minimum atomic E-state index is -0.582. The molecule has 0 radical (unpaired) electrons. The largest absolute Gasteiger partial charge is 0.444 e. The van der Waals surface area contributed by atoms with Gasteiger partial charge in [0.15, 0.2) is 0 Å². The Morgan fingerprint density at radius 3 is 1.33 bits per heavy atom. The minimum absolute atomic E-state index is 0.235. The molecule has 7 aliphatic rings. The van der Waals surface area contributed by atoms with E-state index < -0.39 is 41.1 Å². The maximum absolute atomic E-state index is 13.3. The molecule has 2 unspecified atom stereocenters. The molecule has 3 saturated carbocycles. The molecule has 2 atom stereocenters. The van der Waals surface area contributed by atoms with Crippen LogP contribution in [0.1, 0.15) is 174 Å². The van der Waals surface area contributed by atoms with E-state index in [-0.39, 0.29) is 17.8 Å². The van der Waals surface area contributed by atoms with Gasteiger partial charge in [-0.05, 0) is 188 Å². The van der Waals surface area contributed by atoms with Crippen LogP contribution in [0.25, 0.3) is 34.4 Å². The van der Waals surface area contributed by atoms with Crippen LogP contribution in [0.4, 0.5) is 19.2 Å². The lowest BCUT2D eigenvalue weighted by molar-refractivity contribution is 0.0236. The van der Waals surface area contributed by atoms with E-state index in [1.165, 1.54) is 11.1 Å². The van der Waals surface area contributed by atoms with E-state index in [1.54, 1.807) is 42.3 Å². The molecular formula is C68H74Cl2N10O8. The van der Waals surface area contributed by atoms with Crippen LogP contribution < -0.4 is 10.6 Å². The van der Waals surface area contributed by atoms with Crippen molar-refractivity contribution in [1.29, 1.82) is 0 Å². The average molecular weight is 1230 g/mol. The second-order valence-electron chi connectivity index (χ2n) is 25.9. The number of nitrogens with zero attached hydrogens (tertiary/aromatic N) is 8. The number of aromatic nitrogens is 6. The lowest BCUT2D eigenvalue weighted by atomic mass is 9.86. The molecule has 6 aromatic rings. The summed E-state index contributed by atoms with van der Waals surface area (Å²) in [5, 5.41) is 7.46. The van der Waals surface area contributed by atoms with Gasteiger partial charge < -0.3 is 48.5 Å².